The summed E-state index contributed by atoms with van der Waals surface area (Å²) in [5, 5.41) is 9.85. The van der Waals surface area contributed by atoms with Crippen LogP contribution >= 0.6 is 0 Å². The number of phenols is 1. The molecular weight excluding hydrogens is 220 g/mol. The van der Waals surface area contributed by atoms with Crippen LogP contribution in [0, 0.1) is 6.92 Å². The molecule has 0 radical (unpaired) electrons. The van der Waals surface area contributed by atoms with Crippen LogP contribution < -0.4 is 0 Å². The maximum absolute atomic E-state index is 9.85. The molecule has 1 nitrogen and oxygen atoms in total. The third-order valence-electron chi connectivity index (χ3n) is 3.01. The predicted octanol–water partition coefficient (Wildman–Crippen LogP) is 5.10. The van der Waals surface area contributed by atoms with Crippen LogP contribution in [-0.4, -0.2) is 5.11 Å². The van der Waals surface area contributed by atoms with Gasteiger partial charge in [0.25, 0.3) is 0 Å². The second kappa shape index (κ2) is 5.60. The van der Waals surface area contributed by atoms with Gasteiger partial charge in [-0.05, 0) is 46.6 Å². The molecule has 1 aromatic rings. The van der Waals surface area contributed by atoms with E-state index in [1.807, 2.05) is 12.1 Å². The molecule has 0 bridgehead atoms. The molecule has 1 rings (SSSR count). The molecule has 1 N–H and O–H groups in total. The smallest absolute Gasteiger partial charge is 0.116 e. The third kappa shape index (κ3) is 3.90. The van der Waals surface area contributed by atoms with Crippen LogP contribution in [0.3, 0.4) is 0 Å². The van der Waals surface area contributed by atoms with Crippen LogP contribution in [0.4, 0.5) is 0 Å². The average molecular weight is 248 g/mol. The number of aromatic hydroxyl groups is 1. The van der Waals surface area contributed by atoms with Crippen molar-refractivity contribution < 1.29 is 5.11 Å². The fourth-order valence-corrected chi connectivity index (χ4v) is 2.26. The maximum atomic E-state index is 9.85. The van der Waals surface area contributed by atoms with Crippen LogP contribution in [0.2, 0.25) is 0 Å². The van der Waals surface area contributed by atoms with Gasteiger partial charge < -0.3 is 5.11 Å². The lowest BCUT2D eigenvalue weighted by Gasteiger charge is -2.28. The Hall–Kier alpha value is -1.24. The molecule has 0 aliphatic carbocycles. The maximum Gasteiger partial charge on any atom is 0.116 e. The molecule has 0 saturated carbocycles. The molecular formula is C17H28O. The summed E-state index contributed by atoms with van der Waals surface area (Å²) in [4.78, 5) is 0. The van der Waals surface area contributed by atoms with Crippen molar-refractivity contribution in [3.8, 4) is 5.75 Å². The zero-order valence-corrected chi connectivity index (χ0v) is 13.0. The topological polar surface area (TPSA) is 20.2 Å². The first-order chi connectivity index (χ1) is 8.03. The van der Waals surface area contributed by atoms with Crippen molar-refractivity contribution in [1.82, 2.24) is 0 Å². The van der Waals surface area contributed by atoms with E-state index >= 15 is 0 Å². The van der Waals surface area contributed by atoms with Gasteiger partial charge in [-0.2, -0.15) is 0 Å². The van der Waals surface area contributed by atoms with Gasteiger partial charge in [0, 0.05) is 0 Å². The van der Waals surface area contributed by atoms with Crippen LogP contribution in [0.1, 0.15) is 58.2 Å². The van der Waals surface area contributed by atoms with Crippen molar-refractivity contribution in [2.24, 2.45) is 0 Å². The Morgan fingerprint density at radius 1 is 0.833 bits per heavy atom. The minimum Gasteiger partial charge on any atom is -0.508 e. The molecule has 0 unspecified atom stereocenters. The molecule has 0 atom stereocenters. The molecule has 0 aliphatic heterocycles. The van der Waals surface area contributed by atoms with Crippen molar-refractivity contribution in [1.29, 1.82) is 0 Å². The highest BCUT2D eigenvalue weighted by Gasteiger charge is 2.24. The van der Waals surface area contributed by atoms with E-state index in [4.69, 9.17) is 0 Å². The van der Waals surface area contributed by atoms with Crippen molar-refractivity contribution in [3.63, 3.8) is 0 Å². The van der Waals surface area contributed by atoms with Crippen molar-refractivity contribution in [3.05, 3.63) is 42.0 Å². The minimum atomic E-state index is 0.0722. The Kier molecular flexibility index (Phi) is 5.21. The summed E-state index contributed by atoms with van der Waals surface area (Å²) in [5.41, 5.74) is 3.92. The van der Waals surface area contributed by atoms with Gasteiger partial charge in [-0.25, -0.2) is 0 Å². The zero-order chi connectivity index (χ0) is 14.7. The fourth-order valence-electron chi connectivity index (χ4n) is 2.26. The Labute approximate surface area is 113 Å². The summed E-state index contributed by atoms with van der Waals surface area (Å²) in [5.74, 6) is 0.375. The molecule has 18 heavy (non-hydrogen) atoms. The van der Waals surface area contributed by atoms with Crippen molar-refractivity contribution >= 4 is 0 Å². The van der Waals surface area contributed by atoms with Crippen LogP contribution in [0.15, 0.2) is 25.3 Å². The number of hydrogen-bond acceptors (Lipinski definition) is 1. The normalized spacial score (nSPS) is 11.7. The summed E-state index contributed by atoms with van der Waals surface area (Å²) in [6.07, 6.45) is 0. The molecule has 0 spiro atoms. The Morgan fingerprint density at radius 3 is 1.33 bits per heavy atom. The minimum absolute atomic E-state index is 0.0722. The number of phenolic OH excluding ortho intramolecular Hbond substituents is 1. The molecule has 0 heterocycles. The van der Waals surface area contributed by atoms with Crippen molar-refractivity contribution in [2.45, 2.75) is 59.3 Å². The molecule has 1 heteroatoms. The van der Waals surface area contributed by atoms with Crippen LogP contribution in [0.5, 0.6) is 5.75 Å². The average Bonchev–Trinajstić information content (AvgIpc) is 2.21. The summed E-state index contributed by atoms with van der Waals surface area (Å²) in [6.45, 7) is 21.2. The van der Waals surface area contributed by atoms with Crippen LogP contribution in [0.25, 0.3) is 0 Å². The first-order valence-corrected chi connectivity index (χ1v) is 6.38. The molecule has 102 valence electrons. The van der Waals surface area contributed by atoms with E-state index < -0.39 is 0 Å². The van der Waals surface area contributed by atoms with E-state index in [1.165, 1.54) is 16.7 Å². The lowest BCUT2D eigenvalue weighted by atomic mass is 9.76. The van der Waals surface area contributed by atoms with Crippen LogP contribution in [-0.2, 0) is 10.8 Å². The second-order valence-electron chi connectivity index (χ2n) is 6.67. The standard InChI is InChI=1S/C15H24O.C2H4/c1-10-12(14(2,3)4)8-11(16)9-13(10)15(5,6)7;1-2/h8-9,16H,1-7H3;1-2H2. The van der Waals surface area contributed by atoms with Gasteiger partial charge in [-0.1, -0.05) is 41.5 Å². The van der Waals surface area contributed by atoms with Gasteiger partial charge >= 0.3 is 0 Å². The number of benzene rings is 1. The highest BCUT2D eigenvalue weighted by Crippen LogP contribution is 2.36. The molecule has 0 fully saturated rings. The second-order valence-corrected chi connectivity index (χ2v) is 6.67. The predicted molar refractivity (Wildman–Crippen MR) is 81.5 cm³/mol. The molecule has 0 aromatic heterocycles. The molecule has 0 amide bonds. The first kappa shape index (κ1) is 16.8. The summed E-state index contributed by atoms with van der Waals surface area (Å²) >= 11 is 0. The van der Waals surface area contributed by atoms with E-state index in [-0.39, 0.29) is 10.8 Å². The quantitative estimate of drug-likeness (QED) is 0.633. The van der Waals surface area contributed by atoms with E-state index in [2.05, 4.69) is 61.6 Å². The molecule has 1 aromatic carbocycles. The van der Waals surface area contributed by atoms with Gasteiger partial charge in [0.05, 0.1) is 0 Å². The molecule has 0 aliphatic rings. The lowest BCUT2D eigenvalue weighted by Crippen LogP contribution is -2.19. The van der Waals surface area contributed by atoms with Gasteiger partial charge in [-0.15, -0.1) is 13.2 Å². The van der Waals surface area contributed by atoms with E-state index in [9.17, 15) is 5.11 Å². The highest BCUT2D eigenvalue weighted by atomic mass is 16.3. The van der Waals surface area contributed by atoms with E-state index in [0.717, 1.165) is 0 Å². The van der Waals surface area contributed by atoms with Gasteiger partial charge in [0.1, 0.15) is 5.75 Å². The Morgan fingerprint density at radius 2 is 1.11 bits per heavy atom. The fraction of sp³-hybridized carbons (Fsp3) is 0.529. The number of hydrogen-bond donors (Lipinski definition) is 1. The zero-order valence-electron chi connectivity index (χ0n) is 13.0. The number of rotatable bonds is 0. The SMILES string of the molecule is C=C.Cc1c(C(C)(C)C)cc(O)cc1C(C)(C)C. The van der Waals surface area contributed by atoms with E-state index in [0.29, 0.717) is 5.75 Å². The largest absolute Gasteiger partial charge is 0.508 e. The van der Waals surface area contributed by atoms with E-state index in [1.54, 1.807) is 0 Å². The summed E-state index contributed by atoms with van der Waals surface area (Å²) < 4.78 is 0. The first-order valence-electron chi connectivity index (χ1n) is 6.38. The molecule has 0 saturated heterocycles. The monoisotopic (exact) mass is 248 g/mol. The van der Waals surface area contributed by atoms with Crippen molar-refractivity contribution in [2.75, 3.05) is 0 Å². The summed E-state index contributed by atoms with van der Waals surface area (Å²) in [7, 11) is 0. The highest BCUT2D eigenvalue weighted by molar-refractivity contribution is 5.46. The Bertz CT molecular complexity index is 368. The van der Waals surface area contributed by atoms with Gasteiger partial charge in [0.15, 0.2) is 0 Å². The summed E-state index contributed by atoms with van der Waals surface area (Å²) in [6, 6.07) is 3.79. The Balaban J connectivity index is 0.00000137. The third-order valence-corrected chi connectivity index (χ3v) is 3.01. The van der Waals surface area contributed by atoms with Gasteiger partial charge in [-0.3, -0.25) is 0 Å². The lowest BCUT2D eigenvalue weighted by molar-refractivity contribution is 0.464. The van der Waals surface area contributed by atoms with Gasteiger partial charge in [0.2, 0.25) is 0 Å².